The first-order valence-corrected chi connectivity index (χ1v) is 15.9. The third kappa shape index (κ3) is 8.27. The minimum absolute atomic E-state index is 0.487. The summed E-state index contributed by atoms with van der Waals surface area (Å²) in [7, 11) is 0. The lowest BCUT2D eigenvalue weighted by Crippen LogP contribution is -2.29. The molecule has 0 atom stereocenters. The summed E-state index contributed by atoms with van der Waals surface area (Å²) in [6.45, 7) is 2.32. The van der Waals surface area contributed by atoms with Crippen LogP contribution in [-0.2, 0) is 0 Å². The van der Waals surface area contributed by atoms with E-state index in [0.29, 0.717) is 11.8 Å². The number of hydrogen-bond acceptors (Lipinski definition) is 0. The third-order valence-electron chi connectivity index (χ3n) is 10.7. The van der Waals surface area contributed by atoms with Crippen LogP contribution in [-0.4, -0.2) is 6.17 Å². The third-order valence-corrected chi connectivity index (χ3v) is 10.7. The number of hydrogen-bond donors (Lipinski definition) is 0. The Morgan fingerprint density at radius 2 is 0.912 bits per heavy atom. The lowest BCUT2D eigenvalue weighted by atomic mass is 9.65. The van der Waals surface area contributed by atoms with Gasteiger partial charge in [0.2, 0.25) is 0 Å². The second kappa shape index (κ2) is 14.3. The lowest BCUT2D eigenvalue weighted by molar-refractivity contribution is 0.107. The van der Waals surface area contributed by atoms with Crippen LogP contribution in [0.5, 0.6) is 0 Å². The number of halogens is 1. The molecule has 0 aliphatic heterocycles. The molecule has 0 radical (unpaired) electrons. The predicted molar refractivity (Wildman–Crippen MR) is 144 cm³/mol. The van der Waals surface area contributed by atoms with Crippen molar-refractivity contribution in [1.82, 2.24) is 0 Å². The van der Waals surface area contributed by atoms with Gasteiger partial charge in [-0.15, -0.1) is 0 Å². The molecule has 0 saturated heterocycles. The Hall–Kier alpha value is -0.510. The van der Waals surface area contributed by atoms with Gasteiger partial charge in [-0.3, -0.25) is 0 Å². The summed E-state index contributed by atoms with van der Waals surface area (Å²) in [6.07, 6.45) is 29.5. The highest BCUT2D eigenvalue weighted by molar-refractivity contribution is 5.09. The van der Waals surface area contributed by atoms with Crippen LogP contribution in [0, 0.1) is 53.3 Å². The van der Waals surface area contributed by atoms with E-state index >= 15 is 0 Å². The SMILES string of the molecule is CCCCCCCC1CCC(C2CCC(C3CCC(C#CC4CCC(F)CC4)CC3)CC2)CC1. The molecular formula is C33H55F. The molecular weight excluding hydrogens is 415 g/mol. The molecule has 0 nitrogen and oxygen atoms in total. The van der Waals surface area contributed by atoms with E-state index in [-0.39, 0.29) is 0 Å². The highest BCUT2D eigenvalue weighted by atomic mass is 19.1. The molecule has 0 aromatic heterocycles. The Bertz CT molecular complexity index is 596. The fourth-order valence-corrected chi connectivity index (χ4v) is 8.24. The fourth-order valence-electron chi connectivity index (χ4n) is 8.24. The van der Waals surface area contributed by atoms with Crippen LogP contribution in [0.25, 0.3) is 0 Å². The zero-order chi connectivity index (χ0) is 23.6. The van der Waals surface area contributed by atoms with E-state index in [1.807, 2.05) is 0 Å². The van der Waals surface area contributed by atoms with Gasteiger partial charge in [0.05, 0.1) is 0 Å². The van der Waals surface area contributed by atoms with Crippen molar-refractivity contribution < 1.29 is 4.39 Å². The van der Waals surface area contributed by atoms with Crippen molar-refractivity contribution in [3.05, 3.63) is 0 Å². The van der Waals surface area contributed by atoms with Crippen LogP contribution in [0.1, 0.15) is 148 Å². The normalized spacial score (nSPS) is 39.2. The van der Waals surface area contributed by atoms with Gasteiger partial charge in [0.1, 0.15) is 6.17 Å². The smallest absolute Gasteiger partial charge is 0.100 e. The first-order chi connectivity index (χ1) is 16.7. The quantitative estimate of drug-likeness (QED) is 0.244. The Morgan fingerprint density at radius 1 is 0.500 bits per heavy atom. The van der Waals surface area contributed by atoms with Gasteiger partial charge in [0.25, 0.3) is 0 Å². The second-order valence-corrected chi connectivity index (χ2v) is 13.0. The maximum Gasteiger partial charge on any atom is 0.100 e. The van der Waals surface area contributed by atoms with Gasteiger partial charge in [0.15, 0.2) is 0 Å². The van der Waals surface area contributed by atoms with Gasteiger partial charge < -0.3 is 0 Å². The standard InChI is InChI=1S/C33H55F/c1-2-3-4-5-6-7-26-10-16-29(17-11-26)31-20-22-32(23-21-31)30-18-12-27(13-19-30)8-9-28-14-24-33(34)25-15-28/h26-33H,2-7,10-25H2,1H3. The van der Waals surface area contributed by atoms with Crippen molar-refractivity contribution in [2.75, 3.05) is 0 Å². The monoisotopic (exact) mass is 470 g/mol. The summed E-state index contributed by atoms with van der Waals surface area (Å²) in [5.74, 6) is 13.5. The summed E-state index contributed by atoms with van der Waals surface area (Å²) in [5.41, 5.74) is 0. The van der Waals surface area contributed by atoms with E-state index in [4.69, 9.17) is 0 Å². The number of unbranched alkanes of at least 4 members (excludes halogenated alkanes) is 4. The largest absolute Gasteiger partial charge is 0.247 e. The van der Waals surface area contributed by atoms with Crippen molar-refractivity contribution in [2.24, 2.45) is 41.4 Å². The van der Waals surface area contributed by atoms with Crippen LogP contribution in [0.3, 0.4) is 0 Å². The van der Waals surface area contributed by atoms with E-state index in [1.165, 1.54) is 89.9 Å². The van der Waals surface area contributed by atoms with E-state index in [9.17, 15) is 4.39 Å². The average molecular weight is 471 g/mol. The van der Waals surface area contributed by atoms with Gasteiger partial charge >= 0.3 is 0 Å². The summed E-state index contributed by atoms with van der Waals surface area (Å²) in [6, 6.07) is 0. The number of alkyl halides is 1. The molecule has 0 unspecified atom stereocenters. The van der Waals surface area contributed by atoms with E-state index in [2.05, 4.69) is 18.8 Å². The minimum atomic E-state index is -0.552. The summed E-state index contributed by atoms with van der Waals surface area (Å²) in [4.78, 5) is 0. The van der Waals surface area contributed by atoms with Gasteiger partial charge in [-0.2, -0.15) is 0 Å². The molecule has 34 heavy (non-hydrogen) atoms. The highest BCUT2D eigenvalue weighted by Crippen LogP contribution is 2.46. The van der Waals surface area contributed by atoms with Crippen molar-refractivity contribution in [3.63, 3.8) is 0 Å². The summed E-state index contributed by atoms with van der Waals surface area (Å²) >= 11 is 0. The molecule has 194 valence electrons. The fraction of sp³-hybridized carbons (Fsp3) is 0.939. The second-order valence-electron chi connectivity index (χ2n) is 13.0. The minimum Gasteiger partial charge on any atom is -0.247 e. The molecule has 4 aliphatic carbocycles. The van der Waals surface area contributed by atoms with Crippen LogP contribution >= 0.6 is 0 Å². The maximum absolute atomic E-state index is 13.3. The summed E-state index contributed by atoms with van der Waals surface area (Å²) < 4.78 is 13.3. The Kier molecular flexibility index (Phi) is 11.2. The molecule has 0 spiro atoms. The molecule has 0 aromatic rings. The zero-order valence-electron chi connectivity index (χ0n) is 22.6. The van der Waals surface area contributed by atoms with Crippen molar-refractivity contribution in [3.8, 4) is 11.8 Å². The van der Waals surface area contributed by atoms with E-state index < -0.39 is 6.17 Å². The molecule has 4 saturated carbocycles. The maximum atomic E-state index is 13.3. The van der Waals surface area contributed by atoms with Gasteiger partial charge in [-0.1, -0.05) is 70.1 Å². The van der Waals surface area contributed by atoms with Crippen molar-refractivity contribution in [2.45, 2.75) is 154 Å². The molecule has 4 rings (SSSR count). The first kappa shape index (κ1) is 26.6. The van der Waals surface area contributed by atoms with Crippen LogP contribution in [0.15, 0.2) is 0 Å². The Morgan fingerprint density at radius 3 is 1.41 bits per heavy atom. The predicted octanol–water partition coefficient (Wildman–Crippen LogP) is 10.3. The van der Waals surface area contributed by atoms with Crippen molar-refractivity contribution in [1.29, 1.82) is 0 Å². The molecule has 1 heteroatoms. The van der Waals surface area contributed by atoms with Crippen molar-refractivity contribution >= 4 is 0 Å². The van der Waals surface area contributed by atoms with Gasteiger partial charge in [-0.05, 0) is 119 Å². The van der Waals surface area contributed by atoms with Crippen LogP contribution < -0.4 is 0 Å². The average Bonchev–Trinajstić information content (AvgIpc) is 2.89. The molecule has 0 bridgehead atoms. The van der Waals surface area contributed by atoms with Crippen LogP contribution in [0.4, 0.5) is 4.39 Å². The molecule has 0 N–H and O–H groups in total. The lowest BCUT2D eigenvalue weighted by Gasteiger charge is -2.41. The molecule has 0 heterocycles. The summed E-state index contributed by atoms with van der Waals surface area (Å²) in [5, 5.41) is 0. The number of rotatable bonds is 8. The molecule has 0 aromatic carbocycles. The molecule has 0 amide bonds. The zero-order valence-corrected chi connectivity index (χ0v) is 22.6. The molecule has 4 aliphatic rings. The van der Waals surface area contributed by atoms with E-state index in [1.54, 1.807) is 25.7 Å². The topological polar surface area (TPSA) is 0 Å². The van der Waals surface area contributed by atoms with Crippen LogP contribution in [0.2, 0.25) is 0 Å². The molecule has 4 fully saturated rings. The Labute approximate surface area is 212 Å². The van der Waals surface area contributed by atoms with E-state index in [0.717, 1.165) is 55.3 Å². The van der Waals surface area contributed by atoms with Gasteiger partial charge in [-0.25, -0.2) is 4.39 Å². The Balaban J connectivity index is 1.08. The first-order valence-electron chi connectivity index (χ1n) is 15.9. The van der Waals surface area contributed by atoms with Gasteiger partial charge in [0, 0.05) is 11.8 Å². The highest BCUT2D eigenvalue weighted by Gasteiger charge is 2.34.